The SMILES string of the molecule is CCN(CC)C(=O)c1cnc(Nc2cc(C(F)(F)F)ccc2Cl)cn1. The Bertz CT molecular complexity index is 746. The Labute approximate surface area is 147 Å². The second-order valence-corrected chi connectivity index (χ2v) is 5.49. The van der Waals surface area contributed by atoms with Crippen LogP contribution in [0.5, 0.6) is 0 Å². The van der Waals surface area contributed by atoms with Gasteiger partial charge in [-0.05, 0) is 32.0 Å². The summed E-state index contributed by atoms with van der Waals surface area (Å²) in [5.74, 6) is -0.0847. The van der Waals surface area contributed by atoms with Crippen molar-refractivity contribution in [1.29, 1.82) is 0 Å². The molecule has 1 heterocycles. The van der Waals surface area contributed by atoms with Gasteiger partial charge in [0.2, 0.25) is 0 Å². The highest BCUT2D eigenvalue weighted by Crippen LogP contribution is 2.34. The minimum atomic E-state index is -4.48. The minimum Gasteiger partial charge on any atom is -0.338 e. The van der Waals surface area contributed by atoms with Crippen molar-refractivity contribution < 1.29 is 18.0 Å². The van der Waals surface area contributed by atoms with E-state index in [1.807, 2.05) is 13.8 Å². The van der Waals surface area contributed by atoms with Gasteiger partial charge in [-0.15, -0.1) is 0 Å². The van der Waals surface area contributed by atoms with Crippen LogP contribution in [0.2, 0.25) is 5.02 Å². The van der Waals surface area contributed by atoms with Gasteiger partial charge in [0.25, 0.3) is 5.91 Å². The van der Waals surface area contributed by atoms with Crippen molar-refractivity contribution in [3.8, 4) is 0 Å². The van der Waals surface area contributed by atoms with E-state index in [9.17, 15) is 18.0 Å². The maximum atomic E-state index is 12.8. The van der Waals surface area contributed by atoms with Crippen LogP contribution >= 0.6 is 11.6 Å². The minimum absolute atomic E-state index is 0.0496. The smallest absolute Gasteiger partial charge is 0.338 e. The average molecular weight is 373 g/mol. The monoisotopic (exact) mass is 372 g/mol. The number of anilines is 2. The summed E-state index contributed by atoms with van der Waals surface area (Å²) in [6, 6.07) is 2.93. The fraction of sp³-hybridized carbons (Fsp3) is 0.312. The fourth-order valence-electron chi connectivity index (χ4n) is 2.11. The molecule has 134 valence electrons. The Morgan fingerprint density at radius 2 is 1.88 bits per heavy atom. The van der Waals surface area contributed by atoms with Crippen molar-refractivity contribution >= 4 is 29.0 Å². The van der Waals surface area contributed by atoms with E-state index in [0.717, 1.165) is 18.2 Å². The summed E-state index contributed by atoms with van der Waals surface area (Å²) in [5.41, 5.74) is -0.626. The molecule has 0 aliphatic heterocycles. The van der Waals surface area contributed by atoms with E-state index in [4.69, 9.17) is 11.6 Å². The van der Waals surface area contributed by atoms with E-state index in [-0.39, 0.29) is 28.1 Å². The molecule has 0 saturated heterocycles. The lowest BCUT2D eigenvalue weighted by Crippen LogP contribution is -2.31. The van der Waals surface area contributed by atoms with E-state index in [0.29, 0.717) is 13.1 Å². The molecule has 1 N–H and O–H groups in total. The van der Waals surface area contributed by atoms with Gasteiger partial charge in [-0.3, -0.25) is 4.79 Å². The molecule has 1 amide bonds. The molecule has 0 atom stereocenters. The van der Waals surface area contributed by atoms with Crippen LogP contribution in [-0.2, 0) is 6.18 Å². The van der Waals surface area contributed by atoms with Crippen molar-refractivity contribution in [2.45, 2.75) is 20.0 Å². The standard InChI is InChI=1S/C16H16ClF3N4O/c1-3-24(4-2)15(25)13-8-22-14(9-21-13)23-12-7-10(16(18,19)20)5-6-11(12)17/h5-9H,3-4H2,1-2H3,(H,22,23). The topological polar surface area (TPSA) is 58.1 Å². The van der Waals surface area contributed by atoms with Gasteiger partial charge >= 0.3 is 6.18 Å². The third-order valence-electron chi connectivity index (χ3n) is 3.48. The Hall–Kier alpha value is -2.35. The molecule has 0 aliphatic carbocycles. The van der Waals surface area contributed by atoms with Gasteiger partial charge in [0.15, 0.2) is 0 Å². The molecular formula is C16H16ClF3N4O. The molecule has 1 aromatic carbocycles. The molecule has 0 fully saturated rings. The second-order valence-electron chi connectivity index (χ2n) is 5.08. The van der Waals surface area contributed by atoms with Gasteiger partial charge in [-0.1, -0.05) is 11.6 Å². The Morgan fingerprint density at radius 3 is 2.40 bits per heavy atom. The lowest BCUT2D eigenvalue weighted by atomic mass is 10.2. The summed E-state index contributed by atoms with van der Waals surface area (Å²) in [6.45, 7) is 4.77. The Morgan fingerprint density at radius 1 is 1.20 bits per heavy atom. The van der Waals surface area contributed by atoms with Crippen LogP contribution in [0, 0.1) is 0 Å². The molecule has 1 aromatic heterocycles. The summed E-state index contributed by atoms with van der Waals surface area (Å²) in [5, 5.41) is 2.79. The molecule has 0 bridgehead atoms. The van der Waals surface area contributed by atoms with Crippen LogP contribution in [0.3, 0.4) is 0 Å². The van der Waals surface area contributed by atoms with Crippen LogP contribution in [-0.4, -0.2) is 33.9 Å². The number of alkyl halides is 3. The number of hydrogen-bond donors (Lipinski definition) is 1. The number of rotatable bonds is 5. The van der Waals surface area contributed by atoms with Crippen molar-refractivity contribution in [3.05, 3.63) is 46.9 Å². The normalized spacial score (nSPS) is 11.3. The van der Waals surface area contributed by atoms with E-state index in [1.165, 1.54) is 12.4 Å². The van der Waals surface area contributed by atoms with E-state index >= 15 is 0 Å². The first-order valence-electron chi connectivity index (χ1n) is 7.51. The van der Waals surface area contributed by atoms with Crippen LogP contribution in [0.1, 0.15) is 29.9 Å². The third kappa shape index (κ3) is 4.60. The molecular weight excluding hydrogens is 357 g/mol. The molecule has 5 nitrogen and oxygen atoms in total. The van der Waals surface area contributed by atoms with Crippen LogP contribution in [0.25, 0.3) is 0 Å². The summed E-state index contributed by atoms with van der Waals surface area (Å²) in [7, 11) is 0. The van der Waals surface area contributed by atoms with E-state index in [1.54, 1.807) is 4.90 Å². The Kier molecular flexibility index (Phi) is 5.84. The van der Waals surface area contributed by atoms with E-state index in [2.05, 4.69) is 15.3 Å². The van der Waals surface area contributed by atoms with Crippen LogP contribution in [0.4, 0.5) is 24.7 Å². The van der Waals surface area contributed by atoms with Gasteiger partial charge < -0.3 is 10.2 Å². The first kappa shape index (κ1) is 19.0. The van der Waals surface area contributed by atoms with Gasteiger partial charge in [0.1, 0.15) is 11.5 Å². The maximum Gasteiger partial charge on any atom is 0.416 e. The molecule has 0 unspecified atom stereocenters. The van der Waals surface area contributed by atoms with Gasteiger partial charge in [0, 0.05) is 13.1 Å². The lowest BCUT2D eigenvalue weighted by molar-refractivity contribution is -0.137. The zero-order chi connectivity index (χ0) is 18.6. The molecule has 0 spiro atoms. The summed E-state index contributed by atoms with van der Waals surface area (Å²) >= 11 is 5.92. The number of hydrogen-bond acceptors (Lipinski definition) is 4. The molecule has 2 aromatic rings. The third-order valence-corrected chi connectivity index (χ3v) is 3.81. The van der Waals surface area contributed by atoms with Crippen LogP contribution < -0.4 is 5.32 Å². The quantitative estimate of drug-likeness (QED) is 0.846. The van der Waals surface area contributed by atoms with Gasteiger partial charge in [0.05, 0.1) is 28.7 Å². The van der Waals surface area contributed by atoms with Crippen LogP contribution in [0.15, 0.2) is 30.6 Å². The largest absolute Gasteiger partial charge is 0.416 e. The number of carbonyl (C=O) groups excluding carboxylic acids is 1. The van der Waals surface area contributed by atoms with Crippen molar-refractivity contribution in [2.75, 3.05) is 18.4 Å². The molecule has 9 heteroatoms. The van der Waals surface area contributed by atoms with Crippen molar-refractivity contribution in [2.24, 2.45) is 0 Å². The number of nitrogens with zero attached hydrogens (tertiary/aromatic N) is 3. The number of benzene rings is 1. The fourth-order valence-corrected chi connectivity index (χ4v) is 2.28. The van der Waals surface area contributed by atoms with Crippen molar-refractivity contribution in [3.63, 3.8) is 0 Å². The number of nitrogens with one attached hydrogen (secondary N) is 1. The zero-order valence-electron chi connectivity index (χ0n) is 13.6. The summed E-state index contributed by atoms with van der Waals surface area (Å²) in [4.78, 5) is 21.8. The molecule has 0 saturated carbocycles. The number of aromatic nitrogens is 2. The highest BCUT2D eigenvalue weighted by Gasteiger charge is 2.31. The molecule has 0 aliphatic rings. The van der Waals surface area contributed by atoms with Gasteiger partial charge in [-0.25, -0.2) is 9.97 Å². The molecule has 25 heavy (non-hydrogen) atoms. The maximum absolute atomic E-state index is 12.8. The molecule has 0 radical (unpaired) electrons. The lowest BCUT2D eigenvalue weighted by Gasteiger charge is -2.17. The van der Waals surface area contributed by atoms with E-state index < -0.39 is 11.7 Å². The zero-order valence-corrected chi connectivity index (χ0v) is 14.3. The predicted molar refractivity (Wildman–Crippen MR) is 89.0 cm³/mol. The first-order valence-corrected chi connectivity index (χ1v) is 7.89. The van der Waals surface area contributed by atoms with Gasteiger partial charge in [-0.2, -0.15) is 13.2 Å². The number of amides is 1. The highest BCUT2D eigenvalue weighted by atomic mass is 35.5. The highest BCUT2D eigenvalue weighted by molar-refractivity contribution is 6.33. The Balaban J connectivity index is 2.21. The average Bonchev–Trinajstić information content (AvgIpc) is 2.57. The number of halogens is 4. The predicted octanol–water partition coefficient (Wildman–Crippen LogP) is 4.37. The summed E-state index contributed by atoms with van der Waals surface area (Å²) in [6.07, 6.45) is -1.94. The number of carbonyl (C=O) groups is 1. The first-order chi connectivity index (χ1) is 11.8. The van der Waals surface area contributed by atoms with Crippen molar-refractivity contribution in [1.82, 2.24) is 14.9 Å². The molecule has 2 rings (SSSR count). The summed E-state index contributed by atoms with van der Waals surface area (Å²) < 4.78 is 38.3. The second kappa shape index (κ2) is 7.69.